The van der Waals surface area contributed by atoms with Crippen molar-refractivity contribution in [3.05, 3.63) is 107 Å². The van der Waals surface area contributed by atoms with Crippen molar-refractivity contribution in [3.8, 4) is 0 Å². The van der Waals surface area contributed by atoms with Crippen molar-refractivity contribution in [2.24, 2.45) is 5.92 Å². The van der Waals surface area contributed by atoms with Gasteiger partial charge in [0.25, 0.3) is 0 Å². The van der Waals surface area contributed by atoms with Crippen LogP contribution in [-0.2, 0) is 19.3 Å². The zero-order valence-electron chi connectivity index (χ0n) is 20.1. The van der Waals surface area contributed by atoms with Gasteiger partial charge in [0, 0.05) is 0 Å². The first-order chi connectivity index (χ1) is 15.7. The lowest BCUT2D eigenvalue weighted by molar-refractivity contribution is 0.310. The van der Waals surface area contributed by atoms with Crippen LogP contribution < -0.4 is 0 Å². The fraction of sp³-hybridized carbons (Fsp3) is 0.438. The van der Waals surface area contributed by atoms with Gasteiger partial charge in [-0.1, -0.05) is 99.1 Å². The second kappa shape index (κ2) is 11.5. The molecule has 168 valence electrons. The van der Waals surface area contributed by atoms with Crippen LogP contribution in [0.3, 0.4) is 0 Å². The van der Waals surface area contributed by atoms with E-state index in [4.69, 9.17) is 0 Å². The Labute approximate surface area is 196 Å². The molecule has 0 aromatic heterocycles. The molecule has 1 fully saturated rings. The summed E-state index contributed by atoms with van der Waals surface area (Å²) in [4.78, 5) is 0. The summed E-state index contributed by atoms with van der Waals surface area (Å²) in [6, 6.07) is 29.9. The topological polar surface area (TPSA) is 0 Å². The highest BCUT2D eigenvalue weighted by Crippen LogP contribution is 2.37. The molecule has 4 rings (SSSR count). The maximum Gasteiger partial charge on any atom is -0.0150 e. The highest BCUT2D eigenvalue weighted by atomic mass is 14.3. The van der Waals surface area contributed by atoms with Gasteiger partial charge in [-0.3, -0.25) is 0 Å². The lowest BCUT2D eigenvalue weighted by Gasteiger charge is -2.29. The highest BCUT2D eigenvalue weighted by Gasteiger charge is 2.22. The largest absolute Gasteiger partial charge is 0.0651 e. The van der Waals surface area contributed by atoms with E-state index in [1.807, 2.05) is 0 Å². The maximum atomic E-state index is 2.41. The van der Waals surface area contributed by atoms with Crippen LogP contribution in [0, 0.1) is 5.92 Å². The van der Waals surface area contributed by atoms with Crippen LogP contribution in [-0.4, -0.2) is 0 Å². The normalized spacial score (nSPS) is 19.6. The Bertz CT molecular complexity index is 912. The minimum Gasteiger partial charge on any atom is -0.0651 e. The summed E-state index contributed by atoms with van der Waals surface area (Å²) in [5, 5.41) is 0. The van der Waals surface area contributed by atoms with Crippen molar-refractivity contribution < 1.29 is 0 Å². The van der Waals surface area contributed by atoms with Gasteiger partial charge in [-0.15, -0.1) is 0 Å². The van der Waals surface area contributed by atoms with Gasteiger partial charge in [0.1, 0.15) is 0 Å². The number of hydrogen-bond acceptors (Lipinski definition) is 0. The van der Waals surface area contributed by atoms with E-state index in [1.165, 1.54) is 73.6 Å². The standard InChI is InChI=1S/C32H40/c1-3-7-26-10-12-27(13-11-26)14-15-28-16-20-31(21-17-28)32-22-18-29(19-23-32)24-25(2)30-8-5-4-6-9-30/h4-6,8-13,18-19,22-23,25,28,31H,3,7,14-17,20-21,24H2,1-2H3/t25-,28?,31?/m1/s1. The minimum atomic E-state index is 0.570. The molecule has 1 saturated carbocycles. The molecule has 1 aliphatic rings. The van der Waals surface area contributed by atoms with Crippen molar-refractivity contribution in [2.75, 3.05) is 0 Å². The van der Waals surface area contributed by atoms with Gasteiger partial charge >= 0.3 is 0 Å². The van der Waals surface area contributed by atoms with Gasteiger partial charge in [-0.05, 0) is 96.9 Å². The summed E-state index contributed by atoms with van der Waals surface area (Å²) in [6.45, 7) is 4.59. The molecule has 3 aromatic rings. The van der Waals surface area contributed by atoms with Crippen LogP contribution in [0.15, 0.2) is 78.9 Å². The average Bonchev–Trinajstić information content (AvgIpc) is 2.85. The molecule has 1 aliphatic carbocycles. The van der Waals surface area contributed by atoms with Crippen LogP contribution in [0.2, 0.25) is 0 Å². The third-order valence-electron chi connectivity index (χ3n) is 7.61. The molecule has 0 unspecified atom stereocenters. The quantitative estimate of drug-likeness (QED) is 0.322. The summed E-state index contributed by atoms with van der Waals surface area (Å²) in [5.74, 6) is 2.24. The second-order valence-electron chi connectivity index (χ2n) is 10.1. The molecular weight excluding hydrogens is 384 g/mol. The molecule has 32 heavy (non-hydrogen) atoms. The molecule has 0 amide bonds. The zero-order chi connectivity index (χ0) is 22.2. The summed E-state index contributed by atoms with van der Waals surface area (Å²) < 4.78 is 0. The minimum absolute atomic E-state index is 0.570. The van der Waals surface area contributed by atoms with Crippen molar-refractivity contribution in [1.29, 1.82) is 0 Å². The van der Waals surface area contributed by atoms with Gasteiger partial charge in [-0.2, -0.15) is 0 Å². The van der Waals surface area contributed by atoms with Gasteiger partial charge in [0.05, 0.1) is 0 Å². The molecule has 0 bridgehead atoms. The Morgan fingerprint density at radius 2 is 1.28 bits per heavy atom. The highest BCUT2D eigenvalue weighted by molar-refractivity contribution is 5.29. The van der Waals surface area contributed by atoms with E-state index in [0.29, 0.717) is 5.92 Å². The molecule has 3 aromatic carbocycles. The lowest BCUT2D eigenvalue weighted by Crippen LogP contribution is -2.14. The Morgan fingerprint density at radius 3 is 1.91 bits per heavy atom. The maximum absolute atomic E-state index is 2.41. The summed E-state index contributed by atoms with van der Waals surface area (Å²) in [5.41, 5.74) is 7.46. The second-order valence-corrected chi connectivity index (χ2v) is 10.1. The molecule has 0 heteroatoms. The van der Waals surface area contributed by atoms with Crippen LogP contribution in [0.4, 0.5) is 0 Å². The molecular formula is C32H40. The molecule has 0 spiro atoms. The first-order valence-corrected chi connectivity index (χ1v) is 12.9. The summed E-state index contributed by atoms with van der Waals surface area (Å²) in [7, 11) is 0. The number of benzene rings is 3. The lowest BCUT2D eigenvalue weighted by atomic mass is 9.76. The molecule has 0 heterocycles. The first kappa shape index (κ1) is 22.8. The van der Waals surface area contributed by atoms with Gasteiger partial charge in [0.15, 0.2) is 0 Å². The first-order valence-electron chi connectivity index (χ1n) is 12.9. The number of hydrogen-bond donors (Lipinski definition) is 0. The molecule has 0 N–H and O–H groups in total. The monoisotopic (exact) mass is 424 g/mol. The van der Waals surface area contributed by atoms with E-state index in [-0.39, 0.29) is 0 Å². The smallest absolute Gasteiger partial charge is 0.0150 e. The molecule has 0 saturated heterocycles. The van der Waals surface area contributed by atoms with Gasteiger partial charge in [-0.25, -0.2) is 0 Å². The van der Waals surface area contributed by atoms with Crippen molar-refractivity contribution in [3.63, 3.8) is 0 Å². The molecule has 0 nitrogen and oxygen atoms in total. The van der Waals surface area contributed by atoms with E-state index in [2.05, 4.69) is 92.7 Å². The van der Waals surface area contributed by atoms with E-state index in [0.717, 1.165) is 18.3 Å². The Morgan fingerprint density at radius 1 is 0.688 bits per heavy atom. The fourth-order valence-electron chi connectivity index (χ4n) is 5.50. The van der Waals surface area contributed by atoms with Crippen molar-refractivity contribution in [1.82, 2.24) is 0 Å². The summed E-state index contributed by atoms with van der Waals surface area (Å²) >= 11 is 0. The average molecular weight is 425 g/mol. The van der Waals surface area contributed by atoms with E-state index in [1.54, 1.807) is 5.56 Å². The predicted octanol–water partition coefficient (Wildman–Crippen LogP) is 8.89. The third kappa shape index (κ3) is 6.35. The summed E-state index contributed by atoms with van der Waals surface area (Å²) in [6.07, 6.45) is 11.7. The Kier molecular flexibility index (Phi) is 8.21. The number of aryl methyl sites for hydroxylation is 2. The van der Waals surface area contributed by atoms with Crippen molar-refractivity contribution >= 4 is 0 Å². The number of rotatable bonds is 9. The van der Waals surface area contributed by atoms with Crippen LogP contribution >= 0.6 is 0 Å². The van der Waals surface area contributed by atoms with Crippen LogP contribution in [0.5, 0.6) is 0 Å². The van der Waals surface area contributed by atoms with E-state index < -0.39 is 0 Å². The van der Waals surface area contributed by atoms with E-state index in [9.17, 15) is 0 Å². The molecule has 1 atom stereocenters. The van der Waals surface area contributed by atoms with Gasteiger partial charge < -0.3 is 0 Å². The SMILES string of the molecule is CCCc1ccc(CCC2CCC(c3ccc(C[C@@H](C)c4ccccc4)cc3)CC2)cc1. The van der Waals surface area contributed by atoms with Crippen LogP contribution in [0.1, 0.15) is 92.0 Å². The molecule has 0 aliphatic heterocycles. The molecule has 0 radical (unpaired) electrons. The Balaban J connectivity index is 1.22. The third-order valence-corrected chi connectivity index (χ3v) is 7.61. The van der Waals surface area contributed by atoms with Gasteiger partial charge in [0.2, 0.25) is 0 Å². The fourth-order valence-corrected chi connectivity index (χ4v) is 5.50. The van der Waals surface area contributed by atoms with Crippen LogP contribution in [0.25, 0.3) is 0 Å². The van der Waals surface area contributed by atoms with Crippen molar-refractivity contribution in [2.45, 2.75) is 83.5 Å². The Hall–Kier alpha value is -2.34. The zero-order valence-corrected chi connectivity index (χ0v) is 20.1. The predicted molar refractivity (Wildman–Crippen MR) is 138 cm³/mol. The van der Waals surface area contributed by atoms with E-state index >= 15 is 0 Å².